The second-order valence-electron chi connectivity index (χ2n) is 6.35. The molecular formula is C19H22N2O4S. The molecule has 0 unspecified atom stereocenters. The van der Waals surface area contributed by atoms with Crippen LogP contribution < -0.4 is 10.0 Å². The lowest BCUT2D eigenvalue weighted by molar-refractivity contribution is -0.116. The van der Waals surface area contributed by atoms with Gasteiger partial charge in [-0.2, -0.15) is 0 Å². The van der Waals surface area contributed by atoms with Crippen LogP contribution in [0.3, 0.4) is 0 Å². The molecule has 3 N–H and O–H groups in total. The van der Waals surface area contributed by atoms with Crippen molar-refractivity contribution in [1.29, 1.82) is 0 Å². The van der Waals surface area contributed by atoms with Crippen molar-refractivity contribution < 1.29 is 18.3 Å². The predicted molar refractivity (Wildman–Crippen MR) is 99.6 cm³/mol. The van der Waals surface area contributed by atoms with Gasteiger partial charge in [-0.3, -0.25) is 4.79 Å². The van der Waals surface area contributed by atoms with E-state index in [1.54, 1.807) is 30.3 Å². The molecule has 2 aromatic rings. The number of hydrogen-bond acceptors (Lipinski definition) is 4. The zero-order valence-electron chi connectivity index (χ0n) is 14.4. The summed E-state index contributed by atoms with van der Waals surface area (Å²) in [7, 11) is -3.65. The van der Waals surface area contributed by atoms with Gasteiger partial charge in [-0.1, -0.05) is 18.2 Å². The summed E-state index contributed by atoms with van der Waals surface area (Å²) in [5, 5.41) is 12.2. The van der Waals surface area contributed by atoms with Crippen molar-refractivity contribution in [2.45, 2.75) is 37.0 Å². The predicted octanol–water partition coefficient (Wildman–Crippen LogP) is 2.58. The summed E-state index contributed by atoms with van der Waals surface area (Å²) in [6, 6.07) is 11.6. The molecule has 26 heavy (non-hydrogen) atoms. The molecule has 6 nitrogen and oxygen atoms in total. The maximum Gasteiger partial charge on any atom is 0.240 e. The van der Waals surface area contributed by atoms with Crippen LogP contribution in [0.4, 0.5) is 5.69 Å². The Balaban J connectivity index is 1.57. The highest BCUT2D eigenvalue weighted by Crippen LogP contribution is 2.24. The van der Waals surface area contributed by atoms with Gasteiger partial charge in [0.1, 0.15) is 5.75 Å². The van der Waals surface area contributed by atoms with Crippen LogP contribution in [0.2, 0.25) is 0 Å². The van der Waals surface area contributed by atoms with E-state index < -0.39 is 10.0 Å². The van der Waals surface area contributed by atoms with Gasteiger partial charge in [0.05, 0.1) is 10.6 Å². The normalized spacial score (nSPS) is 13.8. The number of anilines is 1. The summed E-state index contributed by atoms with van der Waals surface area (Å²) < 4.78 is 27.3. The smallest absolute Gasteiger partial charge is 0.240 e. The molecule has 0 saturated heterocycles. The van der Waals surface area contributed by atoms with Gasteiger partial charge in [-0.05, 0) is 61.1 Å². The van der Waals surface area contributed by atoms with Crippen molar-refractivity contribution in [2.24, 2.45) is 0 Å². The molecule has 1 aliphatic carbocycles. The standard InChI is InChI=1S/C19H22N2O4S/c22-18-8-4-3-7-17(18)21-19(23)11-12-20-26(24,25)16-10-9-14-5-1-2-6-15(14)13-16/h3-4,7-10,13,20,22H,1-2,5-6,11-12H2,(H,21,23). The number of fused-ring (bicyclic) bond motifs is 1. The summed E-state index contributed by atoms with van der Waals surface area (Å²) in [5.74, 6) is -0.407. The van der Waals surface area contributed by atoms with Crippen LogP contribution in [-0.2, 0) is 27.7 Å². The van der Waals surface area contributed by atoms with Crippen LogP contribution in [0.15, 0.2) is 47.4 Å². The van der Waals surface area contributed by atoms with Crippen molar-refractivity contribution in [3.63, 3.8) is 0 Å². The highest BCUT2D eigenvalue weighted by molar-refractivity contribution is 7.89. The van der Waals surface area contributed by atoms with E-state index >= 15 is 0 Å². The Morgan fingerprint density at radius 1 is 1.04 bits per heavy atom. The fraction of sp³-hybridized carbons (Fsp3) is 0.316. The van der Waals surface area contributed by atoms with Crippen LogP contribution in [0, 0.1) is 0 Å². The van der Waals surface area contributed by atoms with Gasteiger partial charge in [0.15, 0.2) is 0 Å². The van der Waals surface area contributed by atoms with Crippen LogP contribution in [-0.4, -0.2) is 26.0 Å². The van der Waals surface area contributed by atoms with E-state index in [4.69, 9.17) is 0 Å². The minimum atomic E-state index is -3.65. The van der Waals surface area contributed by atoms with Crippen molar-refractivity contribution >= 4 is 21.6 Å². The third-order valence-electron chi connectivity index (χ3n) is 4.45. The van der Waals surface area contributed by atoms with Crippen molar-refractivity contribution in [2.75, 3.05) is 11.9 Å². The zero-order chi connectivity index (χ0) is 18.6. The van der Waals surface area contributed by atoms with E-state index in [-0.39, 0.29) is 29.5 Å². The molecule has 0 aromatic heterocycles. The molecular weight excluding hydrogens is 352 g/mol. The molecule has 138 valence electrons. The lowest BCUT2D eigenvalue weighted by atomic mass is 9.92. The van der Waals surface area contributed by atoms with E-state index in [1.165, 1.54) is 11.6 Å². The molecule has 0 radical (unpaired) electrons. The fourth-order valence-corrected chi connectivity index (χ4v) is 4.13. The Bertz CT molecular complexity index is 910. The molecule has 0 aliphatic heterocycles. The topological polar surface area (TPSA) is 95.5 Å². The molecule has 0 heterocycles. The number of sulfonamides is 1. The SMILES string of the molecule is O=C(CCNS(=O)(=O)c1ccc2c(c1)CCCC2)Nc1ccccc1O. The summed E-state index contributed by atoms with van der Waals surface area (Å²) in [6.45, 7) is -0.0150. The second-order valence-corrected chi connectivity index (χ2v) is 8.12. The summed E-state index contributed by atoms with van der Waals surface area (Å²) in [6.07, 6.45) is 4.09. The molecule has 2 aromatic carbocycles. The average molecular weight is 374 g/mol. The number of aromatic hydroxyl groups is 1. The number of aryl methyl sites for hydroxylation is 2. The molecule has 1 amide bonds. The number of hydrogen-bond donors (Lipinski definition) is 3. The number of carbonyl (C=O) groups excluding carboxylic acids is 1. The van der Waals surface area contributed by atoms with Crippen molar-refractivity contribution in [1.82, 2.24) is 4.72 Å². The Morgan fingerprint density at radius 2 is 1.77 bits per heavy atom. The minimum Gasteiger partial charge on any atom is -0.506 e. The fourth-order valence-electron chi connectivity index (χ4n) is 3.05. The number of amides is 1. The van der Waals surface area contributed by atoms with Gasteiger partial charge in [0, 0.05) is 13.0 Å². The molecule has 0 saturated carbocycles. The molecule has 7 heteroatoms. The number of nitrogens with one attached hydrogen (secondary N) is 2. The number of benzene rings is 2. The van der Waals surface area contributed by atoms with Crippen LogP contribution in [0.25, 0.3) is 0 Å². The van der Waals surface area contributed by atoms with Gasteiger partial charge in [0.25, 0.3) is 0 Å². The van der Waals surface area contributed by atoms with E-state index in [0.29, 0.717) is 5.69 Å². The molecule has 0 fully saturated rings. The number of phenols is 1. The molecule has 0 bridgehead atoms. The van der Waals surface area contributed by atoms with Crippen molar-refractivity contribution in [3.05, 3.63) is 53.6 Å². The Kier molecular flexibility index (Phi) is 5.58. The lowest BCUT2D eigenvalue weighted by Crippen LogP contribution is -2.28. The third-order valence-corrected chi connectivity index (χ3v) is 5.91. The van der Waals surface area contributed by atoms with Crippen LogP contribution in [0.5, 0.6) is 5.75 Å². The van der Waals surface area contributed by atoms with Crippen LogP contribution in [0.1, 0.15) is 30.4 Å². The largest absolute Gasteiger partial charge is 0.506 e. The maximum absolute atomic E-state index is 12.4. The van der Waals surface area contributed by atoms with Crippen LogP contribution >= 0.6 is 0 Å². The van der Waals surface area contributed by atoms with Gasteiger partial charge in [-0.25, -0.2) is 13.1 Å². The minimum absolute atomic E-state index is 0.0150. The van der Waals surface area contributed by atoms with Crippen molar-refractivity contribution in [3.8, 4) is 5.75 Å². The average Bonchev–Trinajstić information content (AvgIpc) is 2.63. The number of carbonyl (C=O) groups is 1. The highest BCUT2D eigenvalue weighted by atomic mass is 32.2. The third kappa shape index (κ3) is 4.42. The number of phenolic OH excluding ortho intramolecular Hbond substituents is 1. The number of para-hydroxylation sites is 2. The van der Waals surface area contributed by atoms with E-state index in [0.717, 1.165) is 31.2 Å². The summed E-state index contributed by atoms with van der Waals surface area (Å²) >= 11 is 0. The summed E-state index contributed by atoms with van der Waals surface area (Å²) in [5.41, 5.74) is 2.61. The molecule has 0 atom stereocenters. The maximum atomic E-state index is 12.4. The van der Waals surface area contributed by atoms with Gasteiger partial charge in [-0.15, -0.1) is 0 Å². The van der Waals surface area contributed by atoms with E-state index in [1.807, 2.05) is 6.07 Å². The van der Waals surface area contributed by atoms with Gasteiger partial charge < -0.3 is 10.4 Å². The first-order chi connectivity index (χ1) is 12.5. The molecule has 3 rings (SSSR count). The second kappa shape index (κ2) is 7.88. The Labute approximate surface area is 153 Å². The van der Waals surface area contributed by atoms with Gasteiger partial charge >= 0.3 is 0 Å². The first-order valence-electron chi connectivity index (χ1n) is 8.65. The van der Waals surface area contributed by atoms with Gasteiger partial charge in [0.2, 0.25) is 15.9 Å². The lowest BCUT2D eigenvalue weighted by Gasteiger charge is -2.16. The first-order valence-corrected chi connectivity index (χ1v) is 10.1. The monoisotopic (exact) mass is 374 g/mol. The summed E-state index contributed by atoms with van der Waals surface area (Å²) in [4.78, 5) is 12.2. The Hall–Kier alpha value is -2.38. The Morgan fingerprint density at radius 3 is 2.54 bits per heavy atom. The quantitative estimate of drug-likeness (QED) is 0.677. The zero-order valence-corrected chi connectivity index (χ0v) is 15.2. The number of rotatable bonds is 6. The van der Waals surface area contributed by atoms with E-state index in [2.05, 4.69) is 10.0 Å². The molecule has 1 aliphatic rings. The molecule has 0 spiro atoms. The van der Waals surface area contributed by atoms with E-state index in [9.17, 15) is 18.3 Å². The highest BCUT2D eigenvalue weighted by Gasteiger charge is 2.18. The first kappa shape index (κ1) is 18.4.